The molecule has 0 amide bonds. The molecule has 0 saturated carbocycles. The molecule has 2 aliphatic rings. The van der Waals surface area contributed by atoms with E-state index in [1.165, 1.54) is 6.92 Å². The highest BCUT2D eigenvalue weighted by Gasteiger charge is 2.08. The molecule has 7 heteroatoms. The van der Waals surface area contributed by atoms with E-state index >= 15 is 0 Å². The Morgan fingerprint density at radius 3 is 1.81 bits per heavy atom. The fraction of sp³-hybridized carbons (Fsp3) is 0.786. The molecule has 2 rings (SSSR count). The van der Waals surface area contributed by atoms with Gasteiger partial charge in [0.05, 0.1) is 19.8 Å². The highest BCUT2D eigenvalue weighted by Crippen LogP contribution is 2.01. The van der Waals surface area contributed by atoms with Crippen LogP contribution in [0.5, 0.6) is 0 Å². The summed E-state index contributed by atoms with van der Waals surface area (Å²) >= 11 is 0. The predicted molar refractivity (Wildman–Crippen MR) is 73.5 cm³/mol. The summed E-state index contributed by atoms with van der Waals surface area (Å²) in [6, 6.07) is 0. The Bertz CT molecular complexity index is 291. The molecule has 0 bridgehead atoms. The van der Waals surface area contributed by atoms with Crippen molar-refractivity contribution in [2.45, 2.75) is 45.6 Å². The second-order valence-electron chi connectivity index (χ2n) is 4.52. The minimum absolute atomic E-state index is 0.0463. The number of carbonyl (C=O) groups excluding carboxylic acids is 3. The maximum Gasteiger partial charge on any atom is 0.305 e. The highest BCUT2D eigenvalue weighted by atomic mass is 16.6. The Labute approximate surface area is 124 Å². The number of ether oxygens (including phenoxy) is 4. The molecule has 2 saturated heterocycles. The number of rotatable bonds is 3. The largest absolute Gasteiger partial charge is 0.466 e. The summed E-state index contributed by atoms with van der Waals surface area (Å²) in [7, 11) is 1.57. The molecule has 1 atom stereocenters. The fourth-order valence-corrected chi connectivity index (χ4v) is 1.50. The first kappa shape index (κ1) is 19.4. The number of hydrogen-bond donors (Lipinski definition) is 0. The van der Waals surface area contributed by atoms with Crippen LogP contribution in [0.1, 0.15) is 39.5 Å². The van der Waals surface area contributed by atoms with E-state index in [9.17, 15) is 14.4 Å². The number of hydrogen-bond acceptors (Lipinski definition) is 7. The third kappa shape index (κ3) is 13.1. The van der Waals surface area contributed by atoms with Gasteiger partial charge in [0.15, 0.2) is 0 Å². The van der Waals surface area contributed by atoms with Crippen LogP contribution in [0.15, 0.2) is 0 Å². The average Bonchev–Trinajstić information content (AvgIpc) is 3.04. The number of esters is 3. The van der Waals surface area contributed by atoms with Crippen molar-refractivity contribution in [2.75, 3.05) is 26.9 Å². The minimum Gasteiger partial charge on any atom is -0.466 e. The first-order valence-electron chi connectivity index (χ1n) is 6.93. The van der Waals surface area contributed by atoms with Crippen LogP contribution in [0, 0.1) is 0 Å². The van der Waals surface area contributed by atoms with Gasteiger partial charge in [-0.25, -0.2) is 0 Å². The smallest absolute Gasteiger partial charge is 0.305 e. The number of methoxy groups -OCH3 is 1. The Morgan fingerprint density at radius 2 is 1.62 bits per heavy atom. The first-order chi connectivity index (χ1) is 9.95. The SMILES string of the molecule is COCC(C)OC(C)=O.O=C1CCCO1.O=C1CCCO1. The molecule has 0 aromatic heterocycles. The second kappa shape index (κ2) is 12.1. The van der Waals surface area contributed by atoms with E-state index < -0.39 is 0 Å². The van der Waals surface area contributed by atoms with Crippen molar-refractivity contribution in [3.05, 3.63) is 0 Å². The van der Waals surface area contributed by atoms with Crippen molar-refractivity contribution < 1.29 is 33.3 Å². The summed E-state index contributed by atoms with van der Waals surface area (Å²) in [6.07, 6.45) is 2.95. The molecular formula is C14H24O7. The standard InChI is InChI=1S/C6H12O3.2C4H6O2/c1-5(4-8-3)9-6(2)7;2*5-4-2-1-3-6-4/h5H,4H2,1-3H3;2*1-3H2. The van der Waals surface area contributed by atoms with Crippen LogP contribution in [-0.4, -0.2) is 50.9 Å². The minimum atomic E-state index is -0.264. The van der Waals surface area contributed by atoms with Crippen molar-refractivity contribution in [3.63, 3.8) is 0 Å². The summed E-state index contributed by atoms with van der Waals surface area (Å²) in [5.41, 5.74) is 0. The van der Waals surface area contributed by atoms with Gasteiger partial charge in [0.1, 0.15) is 6.10 Å². The van der Waals surface area contributed by atoms with Gasteiger partial charge in [0.25, 0.3) is 0 Å². The van der Waals surface area contributed by atoms with Crippen molar-refractivity contribution >= 4 is 17.9 Å². The zero-order chi connectivity index (χ0) is 16.1. The molecule has 0 aliphatic carbocycles. The van der Waals surface area contributed by atoms with Crippen molar-refractivity contribution in [1.82, 2.24) is 0 Å². The first-order valence-corrected chi connectivity index (χ1v) is 6.93. The van der Waals surface area contributed by atoms with E-state index in [1.54, 1.807) is 14.0 Å². The van der Waals surface area contributed by atoms with Gasteiger partial charge in [-0.2, -0.15) is 0 Å². The molecule has 21 heavy (non-hydrogen) atoms. The van der Waals surface area contributed by atoms with Crippen LogP contribution in [-0.2, 0) is 33.3 Å². The summed E-state index contributed by atoms with van der Waals surface area (Å²) < 4.78 is 18.5. The van der Waals surface area contributed by atoms with Crippen LogP contribution >= 0.6 is 0 Å². The zero-order valence-electron chi connectivity index (χ0n) is 12.9. The van der Waals surface area contributed by atoms with Gasteiger partial charge < -0.3 is 18.9 Å². The number of carbonyl (C=O) groups is 3. The van der Waals surface area contributed by atoms with Gasteiger partial charge in [-0.05, 0) is 19.8 Å². The van der Waals surface area contributed by atoms with E-state index in [2.05, 4.69) is 9.47 Å². The Kier molecular flexibility index (Phi) is 11.2. The molecule has 0 aromatic carbocycles. The van der Waals surface area contributed by atoms with Gasteiger partial charge in [0, 0.05) is 26.9 Å². The molecule has 2 aliphatic heterocycles. The van der Waals surface area contributed by atoms with Crippen LogP contribution < -0.4 is 0 Å². The van der Waals surface area contributed by atoms with Crippen LogP contribution in [0.25, 0.3) is 0 Å². The Hall–Kier alpha value is -1.63. The molecular weight excluding hydrogens is 280 g/mol. The van der Waals surface area contributed by atoms with Gasteiger partial charge >= 0.3 is 17.9 Å². The molecule has 0 radical (unpaired) electrons. The number of cyclic esters (lactones) is 2. The van der Waals surface area contributed by atoms with Gasteiger partial charge in [-0.15, -0.1) is 0 Å². The van der Waals surface area contributed by atoms with E-state index in [0.29, 0.717) is 32.7 Å². The molecule has 0 N–H and O–H groups in total. The zero-order valence-corrected chi connectivity index (χ0v) is 12.9. The van der Waals surface area contributed by atoms with E-state index in [0.717, 1.165) is 12.8 Å². The molecule has 122 valence electrons. The molecule has 2 heterocycles. The van der Waals surface area contributed by atoms with Crippen LogP contribution in [0.4, 0.5) is 0 Å². The summed E-state index contributed by atoms with van der Waals surface area (Å²) in [6.45, 7) is 4.90. The van der Waals surface area contributed by atoms with Crippen LogP contribution in [0.2, 0.25) is 0 Å². The van der Waals surface area contributed by atoms with E-state index in [1.807, 2.05) is 0 Å². The quantitative estimate of drug-likeness (QED) is 0.572. The summed E-state index contributed by atoms with van der Waals surface area (Å²) in [4.78, 5) is 30.3. The third-order valence-electron chi connectivity index (χ3n) is 2.35. The van der Waals surface area contributed by atoms with Crippen molar-refractivity contribution in [1.29, 1.82) is 0 Å². The van der Waals surface area contributed by atoms with Gasteiger partial charge in [-0.3, -0.25) is 14.4 Å². The second-order valence-corrected chi connectivity index (χ2v) is 4.52. The normalized spacial score (nSPS) is 17.5. The monoisotopic (exact) mass is 304 g/mol. The summed E-state index contributed by atoms with van der Waals surface area (Å²) in [5, 5.41) is 0. The lowest BCUT2D eigenvalue weighted by Gasteiger charge is -2.08. The maximum absolute atomic E-state index is 10.3. The lowest BCUT2D eigenvalue weighted by Crippen LogP contribution is -2.17. The molecule has 0 spiro atoms. The van der Waals surface area contributed by atoms with Crippen LogP contribution in [0.3, 0.4) is 0 Å². The summed E-state index contributed by atoms with van der Waals surface area (Å²) in [5.74, 6) is -0.357. The third-order valence-corrected chi connectivity index (χ3v) is 2.35. The van der Waals surface area contributed by atoms with E-state index in [-0.39, 0.29) is 24.0 Å². The molecule has 0 aromatic rings. The maximum atomic E-state index is 10.3. The van der Waals surface area contributed by atoms with Crippen molar-refractivity contribution in [2.24, 2.45) is 0 Å². The molecule has 2 fully saturated rings. The van der Waals surface area contributed by atoms with Gasteiger partial charge in [-0.1, -0.05) is 0 Å². The Morgan fingerprint density at radius 1 is 1.14 bits per heavy atom. The van der Waals surface area contributed by atoms with E-state index in [4.69, 9.17) is 9.47 Å². The fourth-order valence-electron chi connectivity index (χ4n) is 1.50. The van der Waals surface area contributed by atoms with Crippen molar-refractivity contribution in [3.8, 4) is 0 Å². The average molecular weight is 304 g/mol. The lowest BCUT2D eigenvalue weighted by atomic mass is 10.4. The lowest BCUT2D eigenvalue weighted by molar-refractivity contribution is -0.147. The Balaban J connectivity index is 0.000000293. The molecule has 7 nitrogen and oxygen atoms in total. The van der Waals surface area contributed by atoms with Gasteiger partial charge in [0.2, 0.25) is 0 Å². The highest BCUT2D eigenvalue weighted by molar-refractivity contribution is 5.71. The topological polar surface area (TPSA) is 88.1 Å². The molecule has 1 unspecified atom stereocenters. The predicted octanol–water partition coefficient (Wildman–Crippen LogP) is 1.23.